The van der Waals surface area contributed by atoms with Gasteiger partial charge < -0.3 is 9.88 Å². The van der Waals surface area contributed by atoms with Crippen LogP contribution in [0, 0.1) is 5.92 Å². The van der Waals surface area contributed by atoms with E-state index in [2.05, 4.69) is 9.88 Å². The molecule has 3 aliphatic rings. The second-order valence-electron chi connectivity index (χ2n) is 5.53. The molecule has 1 N–H and O–H groups in total. The van der Waals surface area contributed by atoms with Crippen LogP contribution in [-0.2, 0) is 12.8 Å². The fourth-order valence-electron chi connectivity index (χ4n) is 3.43. The molecular weight excluding hydrogens is 198 g/mol. The van der Waals surface area contributed by atoms with Crippen molar-refractivity contribution in [2.45, 2.75) is 51.0 Å². The normalized spacial score (nSPS) is 28.1. The quantitative estimate of drug-likeness (QED) is 0.783. The van der Waals surface area contributed by atoms with Crippen molar-refractivity contribution in [2.75, 3.05) is 11.9 Å². The molecule has 1 fully saturated rings. The molecule has 0 radical (unpaired) electrons. The monoisotopic (exact) mass is 217 g/mol. The van der Waals surface area contributed by atoms with Crippen LogP contribution in [0.25, 0.3) is 0 Å². The molecule has 1 unspecified atom stereocenters. The van der Waals surface area contributed by atoms with E-state index in [9.17, 15) is 0 Å². The lowest BCUT2D eigenvalue weighted by Gasteiger charge is -2.28. The zero-order valence-corrected chi connectivity index (χ0v) is 9.71. The Labute approximate surface area is 96.3 Å². The van der Waals surface area contributed by atoms with E-state index in [-0.39, 0.29) is 0 Å². The summed E-state index contributed by atoms with van der Waals surface area (Å²) in [4.78, 5) is 4.80. The third kappa shape index (κ3) is 1.23. The van der Waals surface area contributed by atoms with Crippen LogP contribution in [0.5, 0.6) is 0 Å². The highest BCUT2D eigenvalue weighted by Crippen LogP contribution is 2.45. The fourth-order valence-corrected chi connectivity index (χ4v) is 3.43. The van der Waals surface area contributed by atoms with Crippen LogP contribution in [0.2, 0.25) is 0 Å². The lowest BCUT2D eigenvalue weighted by Crippen LogP contribution is -2.26. The minimum Gasteiger partial charge on any atom is -0.356 e. The molecule has 4 rings (SSSR count). The Morgan fingerprint density at radius 2 is 2.00 bits per heavy atom. The number of aryl methyl sites for hydroxylation is 1. The summed E-state index contributed by atoms with van der Waals surface area (Å²) < 4.78 is 2.57. The Morgan fingerprint density at radius 1 is 1.12 bits per heavy atom. The number of imidazole rings is 1. The van der Waals surface area contributed by atoms with Crippen LogP contribution in [-0.4, -0.2) is 16.1 Å². The largest absolute Gasteiger partial charge is 0.356 e. The Hall–Kier alpha value is -0.990. The standard InChI is InChI=1S/C13H19N3/c1-2-4-12-10(3-1)15-13-14-8-7-11(16(12)13)9-5-6-9/h9,11H,1-8H2,(H,14,15). The van der Waals surface area contributed by atoms with Gasteiger partial charge in [0.15, 0.2) is 0 Å². The molecule has 2 aliphatic carbocycles. The van der Waals surface area contributed by atoms with E-state index in [4.69, 9.17) is 4.98 Å². The summed E-state index contributed by atoms with van der Waals surface area (Å²) in [5, 5.41) is 3.48. The molecule has 1 aromatic heterocycles. The van der Waals surface area contributed by atoms with Gasteiger partial charge in [0.1, 0.15) is 0 Å². The Bertz CT molecular complexity index is 417. The molecule has 16 heavy (non-hydrogen) atoms. The first-order chi connectivity index (χ1) is 7.93. The van der Waals surface area contributed by atoms with Gasteiger partial charge in [0.05, 0.1) is 5.69 Å². The van der Waals surface area contributed by atoms with E-state index in [1.54, 1.807) is 5.69 Å². The highest BCUT2D eigenvalue weighted by atomic mass is 15.3. The second kappa shape index (κ2) is 3.25. The van der Waals surface area contributed by atoms with Crippen molar-refractivity contribution in [2.24, 2.45) is 5.92 Å². The van der Waals surface area contributed by atoms with Gasteiger partial charge in [0, 0.05) is 18.3 Å². The van der Waals surface area contributed by atoms with Crippen molar-refractivity contribution in [3.63, 3.8) is 0 Å². The summed E-state index contributed by atoms with van der Waals surface area (Å²) in [5.41, 5.74) is 2.95. The molecule has 0 amide bonds. The fraction of sp³-hybridized carbons (Fsp3) is 0.769. The molecular formula is C13H19N3. The molecule has 0 aromatic carbocycles. The van der Waals surface area contributed by atoms with Crippen molar-refractivity contribution in [1.29, 1.82) is 0 Å². The number of nitrogens with zero attached hydrogens (tertiary/aromatic N) is 2. The van der Waals surface area contributed by atoms with Gasteiger partial charge in [0.2, 0.25) is 5.95 Å². The molecule has 86 valence electrons. The number of fused-ring (bicyclic) bond motifs is 3. The summed E-state index contributed by atoms with van der Waals surface area (Å²) in [6.07, 6.45) is 9.34. The zero-order chi connectivity index (χ0) is 10.5. The predicted octanol–water partition coefficient (Wildman–Crippen LogP) is 2.53. The summed E-state index contributed by atoms with van der Waals surface area (Å²) >= 11 is 0. The van der Waals surface area contributed by atoms with E-state index in [1.807, 2.05) is 0 Å². The van der Waals surface area contributed by atoms with Gasteiger partial charge in [-0.15, -0.1) is 0 Å². The van der Waals surface area contributed by atoms with Crippen LogP contribution in [0.4, 0.5) is 5.95 Å². The van der Waals surface area contributed by atoms with Gasteiger partial charge in [-0.25, -0.2) is 4.98 Å². The topological polar surface area (TPSA) is 29.9 Å². The van der Waals surface area contributed by atoms with Gasteiger partial charge in [-0.3, -0.25) is 0 Å². The summed E-state index contributed by atoms with van der Waals surface area (Å²) in [6, 6.07) is 0.769. The summed E-state index contributed by atoms with van der Waals surface area (Å²) in [5.74, 6) is 2.14. The number of aromatic nitrogens is 2. The number of rotatable bonds is 1. The van der Waals surface area contributed by atoms with Crippen molar-refractivity contribution in [1.82, 2.24) is 9.55 Å². The third-order valence-corrected chi connectivity index (χ3v) is 4.39. The van der Waals surface area contributed by atoms with Gasteiger partial charge >= 0.3 is 0 Å². The first-order valence-electron chi connectivity index (χ1n) is 6.77. The van der Waals surface area contributed by atoms with Crippen LogP contribution < -0.4 is 5.32 Å². The third-order valence-electron chi connectivity index (χ3n) is 4.39. The predicted molar refractivity (Wildman–Crippen MR) is 63.7 cm³/mol. The highest BCUT2D eigenvalue weighted by molar-refractivity contribution is 5.38. The van der Waals surface area contributed by atoms with Gasteiger partial charge in [0.25, 0.3) is 0 Å². The number of hydrogen-bond acceptors (Lipinski definition) is 2. The Kier molecular flexibility index (Phi) is 1.85. The van der Waals surface area contributed by atoms with Crippen molar-refractivity contribution >= 4 is 5.95 Å². The molecule has 1 saturated carbocycles. The smallest absolute Gasteiger partial charge is 0.203 e. The van der Waals surface area contributed by atoms with Gasteiger partial charge in [-0.05, 0) is 50.9 Å². The molecule has 0 spiro atoms. The van der Waals surface area contributed by atoms with Gasteiger partial charge in [-0.1, -0.05) is 0 Å². The van der Waals surface area contributed by atoms with E-state index < -0.39 is 0 Å². The molecule has 1 aromatic rings. The van der Waals surface area contributed by atoms with Crippen LogP contribution >= 0.6 is 0 Å². The van der Waals surface area contributed by atoms with Crippen LogP contribution in [0.15, 0.2) is 0 Å². The van der Waals surface area contributed by atoms with Crippen LogP contribution in [0.3, 0.4) is 0 Å². The van der Waals surface area contributed by atoms with Crippen molar-refractivity contribution < 1.29 is 0 Å². The Balaban J connectivity index is 1.82. The summed E-state index contributed by atoms with van der Waals surface area (Å²) in [7, 11) is 0. The number of nitrogens with one attached hydrogen (secondary N) is 1. The highest BCUT2D eigenvalue weighted by Gasteiger charge is 2.37. The lowest BCUT2D eigenvalue weighted by atomic mass is 9.99. The maximum atomic E-state index is 4.80. The minimum absolute atomic E-state index is 0.769. The molecule has 3 nitrogen and oxygen atoms in total. The van der Waals surface area contributed by atoms with Crippen LogP contribution in [0.1, 0.15) is 49.5 Å². The first kappa shape index (κ1) is 9.08. The van der Waals surface area contributed by atoms with E-state index in [0.29, 0.717) is 0 Å². The average molecular weight is 217 g/mol. The lowest BCUT2D eigenvalue weighted by molar-refractivity contribution is 0.395. The van der Waals surface area contributed by atoms with E-state index >= 15 is 0 Å². The molecule has 0 bridgehead atoms. The molecule has 1 aliphatic heterocycles. The molecule has 0 saturated heterocycles. The number of hydrogen-bond donors (Lipinski definition) is 1. The minimum atomic E-state index is 0.769. The van der Waals surface area contributed by atoms with Crippen molar-refractivity contribution in [3.8, 4) is 0 Å². The van der Waals surface area contributed by atoms with Crippen molar-refractivity contribution in [3.05, 3.63) is 11.4 Å². The van der Waals surface area contributed by atoms with E-state index in [1.165, 1.54) is 56.6 Å². The Morgan fingerprint density at radius 3 is 2.88 bits per heavy atom. The molecule has 3 heteroatoms. The summed E-state index contributed by atoms with van der Waals surface area (Å²) in [6.45, 7) is 1.12. The van der Waals surface area contributed by atoms with Gasteiger partial charge in [-0.2, -0.15) is 0 Å². The first-order valence-corrected chi connectivity index (χ1v) is 6.77. The maximum absolute atomic E-state index is 4.80. The number of anilines is 1. The average Bonchev–Trinajstić information content (AvgIpc) is 3.09. The molecule has 2 heterocycles. The second-order valence-corrected chi connectivity index (χ2v) is 5.53. The maximum Gasteiger partial charge on any atom is 0.203 e. The zero-order valence-electron chi connectivity index (χ0n) is 9.71. The van der Waals surface area contributed by atoms with E-state index in [0.717, 1.165) is 18.5 Å². The molecule has 1 atom stereocenters. The SMILES string of the molecule is C1CCc2c(nc3n2C(C2CC2)CCN3)C1.